The molecule has 0 spiro atoms. The van der Waals surface area contributed by atoms with Gasteiger partial charge >= 0.3 is 0 Å². The predicted octanol–water partition coefficient (Wildman–Crippen LogP) is 2.39. The van der Waals surface area contributed by atoms with Gasteiger partial charge in [-0.3, -0.25) is 0 Å². The van der Waals surface area contributed by atoms with Gasteiger partial charge in [-0.25, -0.2) is 4.68 Å². The summed E-state index contributed by atoms with van der Waals surface area (Å²) in [5.41, 5.74) is 7.18. The molecule has 0 bridgehead atoms. The topological polar surface area (TPSA) is 93.4 Å². The van der Waals surface area contributed by atoms with Gasteiger partial charge in [-0.1, -0.05) is 12.8 Å². The highest BCUT2D eigenvalue weighted by Gasteiger charge is 2.22. The van der Waals surface area contributed by atoms with E-state index in [-0.39, 0.29) is 0 Å². The molecule has 20 heavy (non-hydrogen) atoms. The van der Waals surface area contributed by atoms with Crippen LogP contribution >= 0.6 is 11.8 Å². The molecule has 1 heterocycles. The molecule has 7 heteroatoms. The molecule has 1 saturated carbocycles. The Labute approximate surface area is 121 Å². The summed E-state index contributed by atoms with van der Waals surface area (Å²) in [6.07, 6.45) is 4.68. The van der Waals surface area contributed by atoms with Crippen molar-refractivity contribution in [1.82, 2.24) is 20.2 Å². The first-order valence-electron chi connectivity index (χ1n) is 6.53. The molecule has 0 aliphatic heterocycles. The van der Waals surface area contributed by atoms with Crippen LogP contribution < -0.4 is 5.73 Å². The summed E-state index contributed by atoms with van der Waals surface area (Å²) in [6.45, 7) is 0. The zero-order valence-corrected chi connectivity index (χ0v) is 11.7. The lowest BCUT2D eigenvalue weighted by Crippen LogP contribution is -2.08. The van der Waals surface area contributed by atoms with E-state index < -0.39 is 0 Å². The van der Waals surface area contributed by atoms with Crippen LogP contribution in [0.5, 0.6) is 0 Å². The second-order valence-corrected chi connectivity index (χ2v) is 5.82. The third-order valence-corrected chi connectivity index (χ3v) is 4.50. The Balaban J connectivity index is 1.88. The molecule has 1 aliphatic rings. The van der Waals surface area contributed by atoms with E-state index in [1.807, 2.05) is 4.68 Å². The van der Waals surface area contributed by atoms with E-state index in [0.717, 1.165) is 22.9 Å². The molecule has 102 valence electrons. The van der Waals surface area contributed by atoms with Crippen molar-refractivity contribution in [3.8, 4) is 6.07 Å². The normalized spacial score (nSPS) is 15.3. The van der Waals surface area contributed by atoms with Crippen molar-refractivity contribution >= 4 is 17.4 Å². The minimum atomic E-state index is 0.382. The molecular weight excluding hydrogens is 272 g/mol. The summed E-state index contributed by atoms with van der Waals surface area (Å²) in [6, 6.07) is 7.72. The maximum Gasteiger partial charge on any atom is 0.214 e. The van der Waals surface area contributed by atoms with E-state index in [9.17, 15) is 0 Å². The van der Waals surface area contributed by atoms with Crippen molar-refractivity contribution in [2.75, 3.05) is 5.73 Å². The fourth-order valence-electron chi connectivity index (χ4n) is 2.42. The average molecular weight is 286 g/mol. The molecule has 1 aromatic heterocycles. The minimum absolute atomic E-state index is 0.382. The van der Waals surface area contributed by atoms with Crippen LogP contribution in [0.3, 0.4) is 0 Å². The van der Waals surface area contributed by atoms with Gasteiger partial charge in [0.25, 0.3) is 0 Å². The first-order chi connectivity index (χ1) is 9.78. The number of tetrazole rings is 1. The summed E-state index contributed by atoms with van der Waals surface area (Å²) in [5, 5.41) is 21.6. The Bertz CT molecular complexity index is 653. The van der Waals surface area contributed by atoms with Crippen LogP contribution in [0.2, 0.25) is 0 Å². The van der Waals surface area contributed by atoms with Crippen LogP contribution in [0.4, 0.5) is 5.69 Å². The van der Waals surface area contributed by atoms with Crippen LogP contribution in [-0.2, 0) is 0 Å². The quantitative estimate of drug-likeness (QED) is 0.871. The lowest BCUT2D eigenvalue weighted by molar-refractivity contribution is 0.423. The summed E-state index contributed by atoms with van der Waals surface area (Å²) >= 11 is 1.41. The van der Waals surface area contributed by atoms with Gasteiger partial charge in [0.05, 0.1) is 17.7 Å². The maximum atomic E-state index is 8.96. The first kappa shape index (κ1) is 12.9. The number of nitrogen functional groups attached to an aromatic ring is 1. The van der Waals surface area contributed by atoms with Crippen LogP contribution in [0.1, 0.15) is 37.3 Å². The monoisotopic (exact) mass is 286 g/mol. The number of anilines is 1. The fraction of sp³-hybridized carbons (Fsp3) is 0.385. The zero-order valence-electron chi connectivity index (χ0n) is 10.9. The number of nitrogens with two attached hydrogens (primary N) is 1. The number of nitriles is 1. The van der Waals surface area contributed by atoms with E-state index in [1.54, 1.807) is 18.2 Å². The zero-order chi connectivity index (χ0) is 13.9. The summed E-state index contributed by atoms with van der Waals surface area (Å²) in [5.74, 6) is 0. The van der Waals surface area contributed by atoms with Crippen LogP contribution in [0.25, 0.3) is 0 Å². The number of rotatable bonds is 3. The van der Waals surface area contributed by atoms with Crippen LogP contribution in [-0.4, -0.2) is 20.2 Å². The molecule has 2 aromatic rings. The summed E-state index contributed by atoms with van der Waals surface area (Å²) in [4.78, 5) is 0.818. The number of hydrogen-bond donors (Lipinski definition) is 1. The van der Waals surface area contributed by atoms with Gasteiger partial charge in [0.1, 0.15) is 0 Å². The Morgan fingerprint density at radius 1 is 1.35 bits per heavy atom. The van der Waals surface area contributed by atoms with Gasteiger partial charge in [-0.05, 0) is 53.2 Å². The van der Waals surface area contributed by atoms with Crippen molar-refractivity contribution in [3.05, 3.63) is 23.8 Å². The molecule has 0 saturated heterocycles. The third kappa shape index (κ3) is 2.47. The van der Waals surface area contributed by atoms with Gasteiger partial charge in [0, 0.05) is 10.6 Å². The third-order valence-electron chi connectivity index (χ3n) is 3.48. The molecular formula is C13H14N6S. The Hall–Kier alpha value is -2.07. The van der Waals surface area contributed by atoms with Gasteiger partial charge in [0.2, 0.25) is 5.16 Å². The Kier molecular flexibility index (Phi) is 3.56. The van der Waals surface area contributed by atoms with Crippen molar-refractivity contribution in [3.63, 3.8) is 0 Å². The highest BCUT2D eigenvalue weighted by atomic mass is 32.2. The molecule has 0 unspecified atom stereocenters. The molecule has 1 aliphatic carbocycles. The van der Waals surface area contributed by atoms with Crippen molar-refractivity contribution < 1.29 is 0 Å². The van der Waals surface area contributed by atoms with E-state index in [0.29, 0.717) is 17.3 Å². The maximum absolute atomic E-state index is 8.96. The highest BCUT2D eigenvalue weighted by Crippen LogP contribution is 2.35. The number of benzene rings is 1. The second kappa shape index (κ2) is 5.51. The molecule has 3 rings (SSSR count). The molecule has 6 nitrogen and oxygen atoms in total. The lowest BCUT2D eigenvalue weighted by atomic mass is 10.2. The van der Waals surface area contributed by atoms with Crippen molar-refractivity contribution in [2.24, 2.45) is 0 Å². The Morgan fingerprint density at radius 3 is 2.90 bits per heavy atom. The first-order valence-corrected chi connectivity index (χ1v) is 7.35. The highest BCUT2D eigenvalue weighted by molar-refractivity contribution is 7.99. The standard InChI is InChI=1S/C13H14N6S/c14-8-9-5-6-11(15)12(7-9)20-13-16-17-18-19(13)10-3-1-2-4-10/h5-7,10H,1-4,15H2. The van der Waals surface area contributed by atoms with Gasteiger partial charge in [0.15, 0.2) is 0 Å². The molecule has 1 fully saturated rings. The molecule has 2 N–H and O–H groups in total. The van der Waals surface area contributed by atoms with E-state index in [4.69, 9.17) is 11.0 Å². The number of hydrogen-bond acceptors (Lipinski definition) is 6. The smallest absolute Gasteiger partial charge is 0.214 e. The van der Waals surface area contributed by atoms with Gasteiger partial charge < -0.3 is 5.73 Å². The summed E-state index contributed by atoms with van der Waals surface area (Å²) in [7, 11) is 0. The molecule has 0 amide bonds. The number of nitrogens with zero attached hydrogens (tertiary/aromatic N) is 5. The van der Waals surface area contributed by atoms with Crippen LogP contribution in [0.15, 0.2) is 28.3 Å². The lowest BCUT2D eigenvalue weighted by Gasteiger charge is -2.11. The van der Waals surface area contributed by atoms with E-state index in [1.165, 1.54) is 24.6 Å². The molecule has 0 atom stereocenters. The predicted molar refractivity (Wildman–Crippen MR) is 75.0 cm³/mol. The van der Waals surface area contributed by atoms with Gasteiger partial charge in [-0.15, -0.1) is 5.10 Å². The van der Waals surface area contributed by atoms with Crippen molar-refractivity contribution in [1.29, 1.82) is 5.26 Å². The fourth-order valence-corrected chi connectivity index (χ4v) is 3.35. The van der Waals surface area contributed by atoms with Gasteiger partial charge in [-0.2, -0.15) is 5.26 Å². The molecule has 1 aromatic carbocycles. The SMILES string of the molecule is N#Cc1ccc(N)c(Sc2nnnn2C2CCCC2)c1. The average Bonchev–Trinajstić information content (AvgIpc) is 3.11. The van der Waals surface area contributed by atoms with E-state index in [2.05, 4.69) is 21.6 Å². The molecule has 0 radical (unpaired) electrons. The second-order valence-electron chi connectivity index (χ2n) is 4.81. The Morgan fingerprint density at radius 2 is 2.15 bits per heavy atom. The van der Waals surface area contributed by atoms with Crippen LogP contribution in [0, 0.1) is 11.3 Å². The summed E-state index contributed by atoms with van der Waals surface area (Å²) < 4.78 is 1.89. The number of aromatic nitrogens is 4. The minimum Gasteiger partial charge on any atom is -0.398 e. The van der Waals surface area contributed by atoms with E-state index >= 15 is 0 Å². The van der Waals surface area contributed by atoms with Crippen molar-refractivity contribution in [2.45, 2.75) is 41.8 Å². The largest absolute Gasteiger partial charge is 0.398 e.